The lowest BCUT2D eigenvalue weighted by molar-refractivity contribution is 0.0599. The molecule has 2 rings (SSSR count). The molecule has 5 nitrogen and oxygen atoms in total. The minimum atomic E-state index is -0.415. The van der Waals surface area contributed by atoms with Crippen LogP contribution < -0.4 is 5.56 Å². The van der Waals surface area contributed by atoms with E-state index in [1.807, 2.05) is 28.7 Å². The Bertz CT molecular complexity index is 667. The summed E-state index contributed by atoms with van der Waals surface area (Å²) in [7, 11) is 1.33. The van der Waals surface area contributed by atoms with Gasteiger partial charge in [0.25, 0.3) is 5.56 Å². The van der Waals surface area contributed by atoms with Crippen LogP contribution in [0.3, 0.4) is 0 Å². The van der Waals surface area contributed by atoms with Crippen LogP contribution in [0.2, 0.25) is 0 Å². The van der Waals surface area contributed by atoms with Gasteiger partial charge in [0.2, 0.25) is 0 Å². The van der Waals surface area contributed by atoms with E-state index in [9.17, 15) is 9.59 Å². The van der Waals surface area contributed by atoms with Gasteiger partial charge in [-0.3, -0.25) is 9.36 Å². The second-order valence-corrected chi connectivity index (χ2v) is 4.99. The van der Waals surface area contributed by atoms with Crippen molar-refractivity contribution in [1.29, 1.82) is 0 Å². The summed E-state index contributed by atoms with van der Waals surface area (Å²) in [6.45, 7) is 0.286. The summed E-state index contributed by atoms with van der Waals surface area (Å²) in [5.74, 6) is -0.415. The maximum atomic E-state index is 11.9. The molecule has 19 heavy (non-hydrogen) atoms. The number of benzene rings is 1. The number of rotatable bonds is 3. The molecule has 0 amide bonds. The van der Waals surface area contributed by atoms with E-state index >= 15 is 0 Å². The predicted molar refractivity (Wildman–Crippen MR) is 78.1 cm³/mol. The SMILES string of the molecule is COC(=O)c1ccccc1Cn1cncc(I)c1=O. The highest BCUT2D eigenvalue weighted by molar-refractivity contribution is 14.1. The van der Waals surface area contributed by atoms with Gasteiger partial charge in [-0.2, -0.15) is 0 Å². The molecule has 1 aromatic heterocycles. The van der Waals surface area contributed by atoms with Gasteiger partial charge in [0, 0.05) is 6.20 Å². The Labute approximate surface area is 123 Å². The van der Waals surface area contributed by atoms with Crippen LogP contribution in [0.4, 0.5) is 0 Å². The van der Waals surface area contributed by atoms with Crippen LogP contribution >= 0.6 is 22.6 Å². The minimum absolute atomic E-state index is 0.129. The van der Waals surface area contributed by atoms with Crippen LogP contribution in [-0.4, -0.2) is 22.6 Å². The third-order valence-electron chi connectivity index (χ3n) is 2.62. The van der Waals surface area contributed by atoms with Crippen molar-refractivity contribution in [3.05, 3.63) is 61.8 Å². The normalized spacial score (nSPS) is 10.2. The van der Waals surface area contributed by atoms with Crippen LogP contribution in [0, 0.1) is 3.57 Å². The first kappa shape index (κ1) is 13.7. The van der Waals surface area contributed by atoms with Gasteiger partial charge in [0.1, 0.15) is 0 Å². The molecular formula is C13H11IN2O3. The second kappa shape index (κ2) is 5.96. The predicted octanol–water partition coefficient (Wildman–Crippen LogP) is 1.68. The van der Waals surface area contributed by atoms with Gasteiger partial charge in [0.05, 0.1) is 29.1 Å². The van der Waals surface area contributed by atoms with Crippen molar-refractivity contribution in [2.24, 2.45) is 0 Å². The quantitative estimate of drug-likeness (QED) is 0.610. The zero-order valence-electron chi connectivity index (χ0n) is 10.2. The average molecular weight is 370 g/mol. The van der Waals surface area contributed by atoms with Crippen molar-refractivity contribution in [3.8, 4) is 0 Å². The van der Waals surface area contributed by atoms with E-state index in [0.29, 0.717) is 9.13 Å². The molecule has 0 radical (unpaired) electrons. The number of ether oxygens (including phenoxy) is 1. The highest BCUT2D eigenvalue weighted by atomic mass is 127. The molecule has 0 unspecified atom stereocenters. The lowest BCUT2D eigenvalue weighted by Crippen LogP contribution is -2.23. The number of esters is 1. The third-order valence-corrected chi connectivity index (χ3v) is 3.36. The molecule has 0 fully saturated rings. The number of hydrogen-bond acceptors (Lipinski definition) is 4. The van der Waals surface area contributed by atoms with Crippen LogP contribution in [0.5, 0.6) is 0 Å². The highest BCUT2D eigenvalue weighted by Gasteiger charge is 2.12. The minimum Gasteiger partial charge on any atom is -0.465 e. The monoisotopic (exact) mass is 370 g/mol. The maximum absolute atomic E-state index is 11.9. The summed E-state index contributed by atoms with van der Waals surface area (Å²) >= 11 is 1.93. The highest BCUT2D eigenvalue weighted by Crippen LogP contribution is 2.11. The van der Waals surface area contributed by atoms with E-state index in [0.717, 1.165) is 5.56 Å². The zero-order valence-corrected chi connectivity index (χ0v) is 12.3. The summed E-state index contributed by atoms with van der Waals surface area (Å²) in [5.41, 5.74) is 1.05. The summed E-state index contributed by atoms with van der Waals surface area (Å²) in [4.78, 5) is 27.5. The maximum Gasteiger partial charge on any atom is 0.338 e. The van der Waals surface area contributed by atoms with Crippen molar-refractivity contribution in [1.82, 2.24) is 9.55 Å². The molecule has 0 spiro atoms. The molecule has 0 N–H and O–H groups in total. The molecule has 0 saturated heterocycles. The molecule has 0 aliphatic heterocycles. The van der Waals surface area contributed by atoms with Gasteiger partial charge < -0.3 is 4.74 Å². The molecule has 6 heteroatoms. The standard InChI is InChI=1S/C13H11IN2O3/c1-19-13(18)10-5-3-2-4-9(10)7-16-8-15-6-11(14)12(16)17/h2-6,8H,7H2,1H3. The van der Waals surface area contributed by atoms with E-state index in [2.05, 4.69) is 4.98 Å². The van der Waals surface area contributed by atoms with E-state index in [-0.39, 0.29) is 12.1 Å². The van der Waals surface area contributed by atoms with Gasteiger partial charge in [0.15, 0.2) is 0 Å². The van der Waals surface area contributed by atoms with Gasteiger partial charge in [-0.05, 0) is 34.2 Å². The molecule has 2 aromatic rings. The second-order valence-electron chi connectivity index (χ2n) is 3.82. The lowest BCUT2D eigenvalue weighted by Gasteiger charge is -2.09. The summed E-state index contributed by atoms with van der Waals surface area (Å²) in [6, 6.07) is 7.03. The van der Waals surface area contributed by atoms with Crippen molar-refractivity contribution < 1.29 is 9.53 Å². The van der Waals surface area contributed by atoms with Crippen molar-refractivity contribution >= 4 is 28.6 Å². The van der Waals surface area contributed by atoms with Crippen molar-refractivity contribution in [2.75, 3.05) is 7.11 Å². The molecule has 0 aliphatic rings. The summed E-state index contributed by atoms with van der Waals surface area (Å²) in [5, 5.41) is 0. The van der Waals surface area contributed by atoms with Crippen LogP contribution in [0.1, 0.15) is 15.9 Å². The van der Waals surface area contributed by atoms with Gasteiger partial charge >= 0.3 is 5.97 Å². The Morgan fingerprint density at radius 3 is 2.89 bits per heavy atom. The number of halogens is 1. The van der Waals surface area contributed by atoms with Gasteiger partial charge in [-0.1, -0.05) is 18.2 Å². The molecule has 0 atom stereocenters. The first-order valence-electron chi connectivity index (χ1n) is 5.49. The third kappa shape index (κ3) is 3.01. The molecule has 98 valence electrons. The average Bonchev–Trinajstić information content (AvgIpc) is 2.43. The number of nitrogens with zero attached hydrogens (tertiary/aromatic N) is 2. The molecular weight excluding hydrogens is 359 g/mol. The van der Waals surface area contributed by atoms with E-state index in [1.165, 1.54) is 24.2 Å². The Kier molecular flexibility index (Phi) is 4.31. The largest absolute Gasteiger partial charge is 0.465 e. The number of hydrogen-bond donors (Lipinski definition) is 0. The van der Waals surface area contributed by atoms with Crippen molar-refractivity contribution in [2.45, 2.75) is 6.54 Å². The topological polar surface area (TPSA) is 61.2 Å². The summed E-state index contributed by atoms with van der Waals surface area (Å²) in [6.07, 6.45) is 2.96. The Morgan fingerprint density at radius 1 is 1.42 bits per heavy atom. The van der Waals surface area contributed by atoms with Crippen LogP contribution in [-0.2, 0) is 11.3 Å². The van der Waals surface area contributed by atoms with Crippen LogP contribution in [0.15, 0.2) is 41.6 Å². The lowest BCUT2D eigenvalue weighted by atomic mass is 10.1. The van der Waals surface area contributed by atoms with E-state index in [1.54, 1.807) is 18.2 Å². The fraction of sp³-hybridized carbons (Fsp3) is 0.154. The Balaban J connectivity index is 2.41. The van der Waals surface area contributed by atoms with Gasteiger partial charge in [-0.15, -0.1) is 0 Å². The molecule has 0 bridgehead atoms. The molecule has 1 heterocycles. The number of methoxy groups -OCH3 is 1. The molecule has 1 aromatic carbocycles. The van der Waals surface area contributed by atoms with Crippen molar-refractivity contribution in [3.63, 3.8) is 0 Å². The van der Waals surface area contributed by atoms with E-state index < -0.39 is 5.97 Å². The smallest absolute Gasteiger partial charge is 0.338 e. The number of carbonyl (C=O) groups is 1. The Hall–Kier alpha value is -1.70. The fourth-order valence-corrected chi connectivity index (χ4v) is 2.16. The van der Waals surface area contributed by atoms with Gasteiger partial charge in [-0.25, -0.2) is 9.78 Å². The first-order chi connectivity index (χ1) is 9.13. The summed E-state index contributed by atoms with van der Waals surface area (Å²) < 4.78 is 6.72. The molecule has 0 aliphatic carbocycles. The van der Waals surface area contributed by atoms with Crippen LogP contribution in [0.25, 0.3) is 0 Å². The molecule has 0 saturated carbocycles. The fourth-order valence-electron chi connectivity index (χ4n) is 1.69. The van der Waals surface area contributed by atoms with E-state index in [4.69, 9.17) is 4.74 Å². The first-order valence-corrected chi connectivity index (χ1v) is 6.57. The number of carbonyl (C=O) groups excluding carboxylic acids is 1. The number of aromatic nitrogens is 2. The zero-order chi connectivity index (χ0) is 13.8. The Morgan fingerprint density at radius 2 is 2.16 bits per heavy atom.